The van der Waals surface area contributed by atoms with Gasteiger partial charge in [0.1, 0.15) is 5.75 Å². The first-order valence-corrected chi connectivity index (χ1v) is 8.88. The molecule has 3 rings (SSSR count). The van der Waals surface area contributed by atoms with Crippen molar-refractivity contribution in [2.45, 2.75) is 18.9 Å². The second-order valence-corrected chi connectivity index (χ2v) is 6.04. The fourth-order valence-corrected chi connectivity index (χ4v) is 3.09. The Morgan fingerprint density at radius 3 is 2.00 bits per heavy atom. The molecule has 26 heavy (non-hydrogen) atoms. The van der Waals surface area contributed by atoms with Crippen molar-refractivity contribution in [2.24, 2.45) is 0 Å². The van der Waals surface area contributed by atoms with Crippen molar-refractivity contribution in [2.75, 3.05) is 13.4 Å². The Morgan fingerprint density at radius 2 is 1.35 bits per heavy atom. The molecule has 0 unspecified atom stereocenters. The number of aliphatic hydroxyl groups excluding tert-OH is 1. The number of para-hydroxylation sites is 1. The van der Waals surface area contributed by atoms with Crippen molar-refractivity contribution in [1.82, 2.24) is 0 Å². The molecule has 0 amide bonds. The highest BCUT2D eigenvalue weighted by Gasteiger charge is 2.27. The van der Waals surface area contributed by atoms with Gasteiger partial charge in [0, 0.05) is 18.1 Å². The maximum Gasteiger partial charge on any atom is 0.189 e. The fourth-order valence-electron chi connectivity index (χ4n) is 3.09. The molecule has 0 aliphatic heterocycles. The minimum atomic E-state index is -0.685. The van der Waals surface area contributed by atoms with Crippen LogP contribution in [0.25, 0.3) is 0 Å². The predicted octanol–water partition coefficient (Wildman–Crippen LogP) is 4.92. The molecule has 0 saturated heterocycles. The molecule has 0 heterocycles. The van der Waals surface area contributed by atoms with Crippen LogP contribution in [0.2, 0.25) is 0 Å². The third-order valence-electron chi connectivity index (χ3n) is 4.37. The third kappa shape index (κ3) is 4.31. The summed E-state index contributed by atoms with van der Waals surface area (Å²) >= 11 is 0. The molecule has 3 nitrogen and oxygen atoms in total. The Balaban J connectivity index is 2.02. The molecule has 0 spiro atoms. The molecule has 1 N–H and O–H groups in total. The molecule has 3 heteroatoms. The maximum atomic E-state index is 11.2. The molecule has 0 aromatic heterocycles. The van der Waals surface area contributed by atoms with Crippen LogP contribution in [0.15, 0.2) is 84.9 Å². The summed E-state index contributed by atoms with van der Waals surface area (Å²) in [7, 11) is 0. The second-order valence-electron chi connectivity index (χ2n) is 6.04. The molecule has 134 valence electrons. The van der Waals surface area contributed by atoms with Gasteiger partial charge in [0.2, 0.25) is 0 Å². The van der Waals surface area contributed by atoms with Crippen molar-refractivity contribution in [3.05, 3.63) is 102 Å². The van der Waals surface area contributed by atoms with Gasteiger partial charge in [-0.05, 0) is 24.1 Å². The van der Waals surface area contributed by atoms with Crippen molar-refractivity contribution in [3.8, 4) is 5.75 Å². The van der Waals surface area contributed by atoms with Gasteiger partial charge in [-0.2, -0.15) is 0 Å². The topological polar surface area (TPSA) is 38.7 Å². The van der Waals surface area contributed by atoms with Gasteiger partial charge in [0.05, 0.1) is 6.10 Å². The van der Waals surface area contributed by atoms with Gasteiger partial charge in [0.25, 0.3) is 0 Å². The summed E-state index contributed by atoms with van der Waals surface area (Å²) in [4.78, 5) is 0. The van der Waals surface area contributed by atoms with E-state index in [0.29, 0.717) is 6.61 Å². The smallest absolute Gasteiger partial charge is 0.189 e. The van der Waals surface area contributed by atoms with E-state index < -0.39 is 6.10 Å². The normalized spacial score (nSPS) is 13.2. The highest BCUT2D eigenvalue weighted by atomic mass is 16.7. The highest BCUT2D eigenvalue weighted by molar-refractivity contribution is 5.44. The average Bonchev–Trinajstić information content (AvgIpc) is 2.71. The van der Waals surface area contributed by atoms with Crippen LogP contribution in [0, 0.1) is 0 Å². The first-order chi connectivity index (χ1) is 12.8. The standard InChI is InChI=1S/C23H24O3/c1-2-25-17-26-21-16-10-9-15-20(21)22(18-11-5-3-6-12-18)23(24)19-13-7-4-8-14-19/h3-16,22-24H,2,17H2,1H3/t22-,23-/m1/s1. The van der Waals surface area contributed by atoms with Gasteiger partial charge in [-0.25, -0.2) is 0 Å². The van der Waals surface area contributed by atoms with Crippen LogP contribution in [0.4, 0.5) is 0 Å². The van der Waals surface area contributed by atoms with Gasteiger partial charge < -0.3 is 14.6 Å². The summed E-state index contributed by atoms with van der Waals surface area (Å²) in [6.07, 6.45) is -0.685. The van der Waals surface area contributed by atoms with Gasteiger partial charge in [-0.15, -0.1) is 0 Å². The Kier molecular flexibility index (Phi) is 6.42. The van der Waals surface area contributed by atoms with Crippen LogP contribution < -0.4 is 4.74 Å². The van der Waals surface area contributed by atoms with E-state index in [0.717, 1.165) is 22.4 Å². The molecular formula is C23H24O3. The summed E-state index contributed by atoms with van der Waals surface area (Å²) in [6.45, 7) is 2.72. The van der Waals surface area contributed by atoms with Crippen LogP contribution in [-0.4, -0.2) is 18.5 Å². The SMILES string of the molecule is CCOCOc1ccccc1[C@@H](c1ccccc1)[C@H](O)c1ccccc1. The van der Waals surface area contributed by atoms with Crippen LogP contribution in [0.5, 0.6) is 5.75 Å². The number of aliphatic hydroxyl groups is 1. The number of hydrogen-bond donors (Lipinski definition) is 1. The maximum absolute atomic E-state index is 11.2. The van der Waals surface area contributed by atoms with E-state index in [4.69, 9.17) is 9.47 Å². The summed E-state index contributed by atoms with van der Waals surface area (Å²) in [5, 5.41) is 11.2. The van der Waals surface area contributed by atoms with Crippen molar-refractivity contribution >= 4 is 0 Å². The minimum Gasteiger partial charge on any atom is -0.467 e. The van der Waals surface area contributed by atoms with Gasteiger partial charge in [0.15, 0.2) is 6.79 Å². The Labute approximate surface area is 154 Å². The van der Waals surface area contributed by atoms with Crippen molar-refractivity contribution < 1.29 is 14.6 Å². The molecule has 2 atom stereocenters. The zero-order valence-electron chi connectivity index (χ0n) is 14.9. The molecule has 0 aliphatic carbocycles. The first-order valence-electron chi connectivity index (χ1n) is 8.88. The molecule has 0 fully saturated rings. The van der Waals surface area contributed by atoms with E-state index >= 15 is 0 Å². The van der Waals surface area contributed by atoms with Crippen molar-refractivity contribution in [1.29, 1.82) is 0 Å². The predicted molar refractivity (Wildman–Crippen MR) is 103 cm³/mol. The summed E-state index contributed by atoms with van der Waals surface area (Å²) < 4.78 is 11.2. The number of benzene rings is 3. The largest absolute Gasteiger partial charge is 0.467 e. The van der Waals surface area contributed by atoms with E-state index in [1.165, 1.54) is 0 Å². The molecular weight excluding hydrogens is 324 g/mol. The van der Waals surface area contributed by atoms with Crippen LogP contribution in [0.1, 0.15) is 35.6 Å². The quantitative estimate of drug-likeness (QED) is 0.464. The third-order valence-corrected chi connectivity index (χ3v) is 4.37. The second kappa shape index (κ2) is 9.18. The van der Waals surface area contributed by atoms with E-state index in [2.05, 4.69) is 0 Å². The number of ether oxygens (including phenoxy) is 2. The molecule has 0 aliphatic rings. The monoisotopic (exact) mass is 348 g/mol. The lowest BCUT2D eigenvalue weighted by Gasteiger charge is -2.26. The van der Waals surface area contributed by atoms with E-state index in [1.807, 2.05) is 91.9 Å². The molecule has 0 radical (unpaired) electrons. The van der Waals surface area contributed by atoms with Crippen molar-refractivity contribution in [3.63, 3.8) is 0 Å². The summed E-state index contributed by atoms with van der Waals surface area (Å²) in [5.41, 5.74) is 2.85. The number of rotatable bonds is 8. The average molecular weight is 348 g/mol. The summed E-state index contributed by atoms with van der Waals surface area (Å²) in [5.74, 6) is 0.487. The Morgan fingerprint density at radius 1 is 0.769 bits per heavy atom. The minimum absolute atomic E-state index is 0.191. The first kappa shape index (κ1) is 18.2. The molecule has 3 aromatic rings. The van der Waals surface area contributed by atoms with Gasteiger partial charge in [-0.3, -0.25) is 0 Å². The van der Waals surface area contributed by atoms with E-state index in [-0.39, 0.29) is 12.7 Å². The zero-order chi connectivity index (χ0) is 18.2. The lowest BCUT2D eigenvalue weighted by atomic mass is 9.83. The van der Waals surface area contributed by atoms with Crippen LogP contribution >= 0.6 is 0 Å². The fraction of sp³-hybridized carbons (Fsp3) is 0.217. The lowest BCUT2D eigenvalue weighted by molar-refractivity contribution is 0.0211. The molecule has 0 bridgehead atoms. The van der Waals surface area contributed by atoms with Crippen LogP contribution in [0.3, 0.4) is 0 Å². The molecule has 0 saturated carbocycles. The molecule has 3 aromatic carbocycles. The summed E-state index contributed by atoms with van der Waals surface area (Å²) in [6, 6.07) is 27.6. The van der Waals surface area contributed by atoms with Gasteiger partial charge in [-0.1, -0.05) is 78.9 Å². The highest BCUT2D eigenvalue weighted by Crippen LogP contribution is 2.40. The van der Waals surface area contributed by atoms with Gasteiger partial charge >= 0.3 is 0 Å². The zero-order valence-corrected chi connectivity index (χ0v) is 14.9. The Bertz CT molecular complexity index is 787. The number of hydrogen-bond acceptors (Lipinski definition) is 3. The van der Waals surface area contributed by atoms with Crippen LogP contribution in [-0.2, 0) is 4.74 Å². The lowest BCUT2D eigenvalue weighted by Crippen LogP contribution is -2.14. The van der Waals surface area contributed by atoms with E-state index in [1.54, 1.807) is 0 Å². The van der Waals surface area contributed by atoms with E-state index in [9.17, 15) is 5.11 Å². The Hall–Kier alpha value is -2.62.